The molecule has 3 rings (SSSR count). The van der Waals surface area contributed by atoms with Gasteiger partial charge in [-0.25, -0.2) is 0 Å². The Morgan fingerprint density at radius 1 is 0.917 bits per heavy atom. The number of nitrogen functional groups attached to an aromatic ring is 1. The maximum absolute atomic E-state index is 12.5. The van der Waals surface area contributed by atoms with E-state index in [4.69, 9.17) is 5.73 Å². The standard InChI is InChI=1S/C21H20N2O/c1-2-15-14-19(22)12-13-20(15)23-21(24)18-10-8-17(9-11-18)16-6-4-3-5-7-16/h3-14H,2,22H2,1H3,(H,23,24). The molecule has 0 bridgehead atoms. The van der Waals surface area contributed by atoms with Crippen molar-refractivity contribution in [3.8, 4) is 11.1 Å². The van der Waals surface area contributed by atoms with Gasteiger partial charge in [0.15, 0.2) is 0 Å². The van der Waals surface area contributed by atoms with Crippen LogP contribution in [0.5, 0.6) is 0 Å². The molecule has 3 aromatic rings. The molecule has 3 N–H and O–H groups in total. The third-order valence-electron chi connectivity index (χ3n) is 4.01. The number of hydrogen-bond donors (Lipinski definition) is 2. The Labute approximate surface area is 142 Å². The molecule has 0 saturated heterocycles. The van der Waals surface area contributed by atoms with Crippen molar-refractivity contribution in [3.05, 3.63) is 83.9 Å². The molecule has 24 heavy (non-hydrogen) atoms. The molecule has 0 heterocycles. The smallest absolute Gasteiger partial charge is 0.255 e. The van der Waals surface area contributed by atoms with Gasteiger partial charge in [-0.1, -0.05) is 49.4 Å². The fraction of sp³-hybridized carbons (Fsp3) is 0.0952. The summed E-state index contributed by atoms with van der Waals surface area (Å²) in [5, 5.41) is 2.97. The molecular formula is C21H20N2O. The van der Waals surface area contributed by atoms with Crippen molar-refractivity contribution in [2.24, 2.45) is 0 Å². The van der Waals surface area contributed by atoms with E-state index in [0.717, 1.165) is 28.8 Å². The largest absolute Gasteiger partial charge is 0.399 e. The number of nitrogens with one attached hydrogen (secondary N) is 1. The van der Waals surface area contributed by atoms with E-state index in [2.05, 4.69) is 17.4 Å². The molecule has 0 aliphatic heterocycles. The molecule has 0 fully saturated rings. The molecule has 0 aromatic heterocycles. The van der Waals surface area contributed by atoms with Crippen LogP contribution in [-0.4, -0.2) is 5.91 Å². The molecule has 0 unspecified atom stereocenters. The number of aryl methyl sites for hydroxylation is 1. The predicted octanol–water partition coefficient (Wildman–Crippen LogP) is 4.75. The van der Waals surface area contributed by atoms with E-state index in [1.807, 2.05) is 61.5 Å². The lowest BCUT2D eigenvalue weighted by Crippen LogP contribution is -2.13. The highest BCUT2D eigenvalue weighted by Gasteiger charge is 2.09. The van der Waals surface area contributed by atoms with Crippen molar-refractivity contribution < 1.29 is 4.79 Å². The third kappa shape index (κ3) is 3.46. The zero-order valence-electron chi connectivity index (χ0n) is 13.6. The SMILES string of the molecule is CCc1cc(N)ccc1NC(=O)c1ccc(-c2ccccc2)cc1. The number of benzene rings is 3. The van der Waals surface area contributed by atoms with Crippen LogP contribution in [0.1, 0.15) is 22.8 Å². The molecule has 0 spiro atoms. The minimum absolute atomic E-state index is 0.117. The van der Waals surface area contributed by atoms with Gasteiger partial charge in [-0.3, -0.25) is 4.79 Å². The lowest BCUT2D eigenvalue weighted by molar-refractivity contribution is 0.102. The van der Waals surface area contributed by atoms with Crippen LogP contribution in [-0.2, 0) is 6.42 Å². The van der Waals surface area contributed by atoms with Crippen LogP contribution in [0.15, 0.2) is 72.8 Å². The highest BCUT2D eigenvalue weighted by Crippen LogP contribution is 2.22. The minimum Gasteiger partial charge on any atom is -0.399 e. The van der Waals surface area contributed by atoms with Gasteiger partial charge in [-0.05, 0) is 53.4 Å². The molecule has 3 aromatic carbocycles. The van der Waals surface area contributed by atoms with Crippen LogP contribution in [0.2, 0.25) is 0 Å². The van der Waals surface area contributed by atoms with Crippen molar-refractivity contribution in [2.75, 3.05) is 11.1 Å². The summed E-state index contributed by atoms with van der Waals surface area (Å²) in [6, 6.07) is 23.3. The average molecular weight is 316 g/mol. The summed E-state index contributed by atoms with van der Waals surface area (Å²) in [6.07, 6.45) is 0.813. The lowest BCUT2D eigenvalue weighted by atomic mass is 10.0. The van der Waals surface area contributed by atoms with Gasteiger partial charge in [0.05, 0.1) is 0 Å². The van der Waals surface area contributed by atoms with E-state index >= 15 is 0 Å². The Morgan fingerprint density at radius 2 is 1.58 bits per heavy atom. The van der Waals surface area contributed by atoms with Crippen molar-refractivity contribution in [2.45, 2.75) is 13.3 Å². The first kappa shape index (κ1) is 15.8. The Bertz CT molecular complexity index is 839. The van der Waals surface area contributed by atoms with E-state index < -0.39 is 0 Å². The van der Waals surface area contributed by atoms with Gasteiger partial charge in [0, 0.05) is 16.9 Å². The molecule has 1 amide bonds. The van der Waals surface area contributed by atoms with E-state index in [0.29, 0.717) is 11.3 Å². The molecule has 120 valence electrons. The van der Waals surface area contributed by atoms with Crippen molar-refractivity contribution >= 4 is 17.3 Å². The Balaban J connectivity index is 1.79. The Hall–Kier alpha value is -3.07. The molecular weight excluding hydrogens is 296 g/mol. The third-order valence-corrected chi connectivity index (χ3v) is 4.01. The first-order chi connectivity index (χ1) is 11.7. The van der Waals surface area contributed by atoms with Crippen LogP contribution in [0.4, 0.5) is 11.4 Å². The number of nitrogens with two attached hydrogens (primary N) is 1. The number of hydrogen-bond acceptors (Lipinski definition) is 2. The monoisotopic (exact) mass is 316 g/mol. The van der Waals surface area contributed by atoms with Gasteiger partial charge in [-0.2, -0.15) is 0 Å². The van der Waals surface area contributed by atoms with E-state index in [1.165, 1.54) is 0 Å². The summed E-state index contributed by atoms with van der Waals surface area (Å²) in [5.74, 6) is -0.117. The normalized spacial score (nSPS) is 10.4. The second-order valence-electron chi connectivity index (χ2n) is 5.67. The average Bonchev–Trinajstić information content (AvgIpc) is 2.64. The fourth-order valence-corrected chi connectivity index (χ4v) is 2.67. The molecule has 0 aliphatic carbocycles. The maximum Gasteiger partial charge on any atom is 0.255 e. The summed E-state index contributed by atoms with van der Waals surface area (Å²) in [5.41, 5.74) is 11.2. The first-order valence-electron chi connectivity index (χ1n) is 8.02. The summed E-state index contributed by atoms with van der Waals surface area (Å²) < 4.78 is 0. The van der Waals surface area contributed by atoms with Crippen LogP contribution in [0.3, 0.4) is 0 Å². The quantitative estimate of drug-likeness (QED) is 0.682. The summed E-state index contributed by atoms with van der Waals surface area (Å²) in [6.45, 7) is 2.04. The molecule has 3 heteroatoms. The Kier molecular flexibility index (Phi) is 4.62. The molecule has 0 radical (unpaired) electrons. The van der Waals surface area contributed by atoms with Crippen molar-refractivity contribution in [3.63, 3.8) is 0 Å². The molecule has 0 atom stereocenters. The number of carbonyl (C=O) groups excluding carboxylic acids is 1. The maximum atomic E-state index is 12.5. The van der Waals surface area contributed by atoms with E-state index in [-0.39, 0.29) is 5.91 Å². The van der Waals surface area contributed by atoms with Crippen LogP contribution >= 0.6 is 0 Å². The molecule has 0 saturated carbocycles. The highest BCUT2D eigenvalue weighted by molar-refractivity contribution is 6.05. The van der Waals surface area contributed by atoms with Crippen LogP contribution in [0.25, 0.3) is 11.1 Å². The zero-order chi connectivity index (χ0) is 16.9. The second kappa shape index (κ2) is 7.01. The van der Waals surface area contributed by atoms with Crippen molar-refractivity contribution in [1.82, 2.24) is 0 Å². The highest BCUT2D eigenvalue weighted by atomic mass is 16.1. The van der Waals surface area contributed by atoms with Crippen molar-refractivity contribution in [1.29, 1.82) is 0 Å². The Morgan fingerprint density at radius 3 is 2.25 bits per heavy atom. The zero-order valence-corrected chi connectivity index (χ0v) is 13.6. The van der Waals surface area contributed by atoms with Gasteiger partial charge in [-0.15, -0.1) is 0 Å². The minimum atomic E-state index is -0.117. The van der Waals surface area contributed by atoms with Gasteiger partial charge >= 0.3 is 0 Å². The number of carbonyl (C=O) groups is 1. The van der Waals surface area contributed by atoms with E-state index in [1.54, 1.807) is 6.07 Å². The van der Waals surface area contributed by atoms with Gasteiger partial charge in [0.2, 0.25) is 0 Å². The molecule has 3 nitrogen and oxygen atoms in total. The molecule has 0 aliphatic rings. The van der Waals surface area contributed by atoms with Crippen LogP contribution in [0, 0.1) is 0 Å². The van der Waals surface area contributed by atoms with Gasteiger partial charge in [0.25, 0.3) is 5.91 Å². The summed E-state index contributed by atoms with van der Waals surface area (Å²) in [7, 11) is 0. The summed E-state index contributed by atoms with van der Waals surface area (Å²) in [4.78, 5) is 12.5. The second-order valence-corrected chi connectivity index (χ2v) is 5.67. The fourth-order valence-electron chi connectivity index (χ4n) is 2.67. The van der Waals surface area contributed by atoms with Gasteiger partial charge < -0.3 is 11.1 Å². The number of anilines is 2. The summed E-state index contributed by atoms with van der Waals surface area (Å²) >= 11 is 0. The lowest BCUT2D eigenvalue weighted by Gasteiger charge is -2.11. The van der Waals surface area contributed by atoms with Gasteiger partial charge in [0.1, 0.15) is 0 Å². The number of rotatable bonds is 4. The first-order valence-corrected chi connectivity index (χ1v) is 8.02. The van der Waals surface area contributed by atoms with E-state index in [9.17, 15) is 4.79 Å². The predicted molar refractivity (Wildman–Crippen MR) is 100 cm³/mol. The van der Waals surface area contributed by atoms with Crippen LogP contribution < -0.4 is 11.1 Å². The number of amides is 1. The topological polar surface area (TPSA) is 55.1 Å².